The molecule has 3 aromatic rings. The predicted octanol–water partition coefficient (Wildman–Crippen LogP) is 5.48. The SMILES string of the molecule is COc1ccc2c3c1O[C@H]1[C@@]4(OC)CC[C@@]5(C[C@@H]4C(N[C@H](C(N)=O)c4ccccc4)c4ccccc4)[C@@H](C2)N(CC2CC2)CC[C@]315. The van der Waals surface area contributed by atoms with E-state index in [1.807, 2.05) is 37.4 Å². The Kier molecular flexibility index (Phi) is 6.45. The molecule has 5 fully saturated rings. The number of benzene rings is 3. The molecule has 1 amide bonds. The fourth-order valence-corrected chi connectivity index (χ4v) is 11.3. The number of hydrogen-bond acceptors (Lipinski definition) is 6. The number of carbonyl (C=O) groups is 1. The fraction of sp³-hybridized carbons (Fsp3) is 0.513. The van der Waals surface area contributed by atoms with Crippen LogP contribution in [-0.2, 0) is 21.4 Å². The summed E-state index contributed by atoms with van der Waals surface area (Å²) in [5.41, 5.74) is 10.3. The molecule has 240 valence electrons. The quantitative estimate of drug-likeness (QED) is 0.313. The second-order valence-corrected chi connectivity index (χ2v) is 14.9. The summed E-state index contributed by atoms with van der Waals surface area (Å²) in [6.07, 6.45) is 7.70. The van der Waals surface area contributed by atoms with Crippen molar-refractivity contribution in [2.24, 2.45) is 23.0 Å². The average molecular weight is 620 g/mol. The van der Waals surface area contributed by atoms with Gasteiger partial charge in [0.2, 0.25) is 5.91 Å². The van der Waals surface area contributed by atoms with Gasteiger partial charge in [0.1, 0.15) is 17.7 Å². The third kappa shape index (κ3) is 3.73. The number of piperidine rings is 1. The van der Waals surface area contributed by atoms with Gasteiger partial charge in [0.15, 0.2) is 11.5 Å². The van der Waals surface area contributed by atoms with Crippen molar-refractivity contribution < 1.29 is 19.0 Å². The Labute approximate surface area is 271 Å². The molecule has 46 heavy (non-hydrogen) atoms. The first kappa shape index (κ1) is 28.8. The lowest BCUT2D eigenvalue weighted by Gasteiger charge is -2.74. The van der Waals surface area contributed by atoms with E-state index in [1.54, 1.807) is 7.11 Å². The first-order chi connectivity index (χ1) is 22.5. The van der Waals surface area contributed by atoms with Crippen molar-refractivity contribution in [3.8, 4) is 11.5 Å². The molecule has 2 spiro atoms. The predicted molar refractivity (Wildman–Crippen MR) is 176 cm³/mol. The van der Waals surface area contributed by atoms with Crippen LogP contribution < -0.4 is 20.5 Å². The Hall–Kier alpha value is -3.39. The van der Waals surface area contributed by atoms with E-state index < -0.39 is 11.6 Å². The largest absolute Gasteiger partial charge is 0.493 e. The lowest BCUT2D eigenvalue weighted by molar-refractivity contribution is -0.282. The number of nitrogens with zero attached hydrogens (tertiary/aromatic N) is 1. The molecule has 8 atom stereocenters. The van der Waals surface area contributed by atoms with Gasteiger partial charge in [-0.1, -0.05) is 66.7 Å². The molecule has 2 aliphatic heterocycles. The maximum absolute atomic E-state index is 13.2. The summed E-state index contributed by atoms with van der Waals surface area (Å²) in [4.78, 5) is 16.1. The van der Waals surface area contributed by atoms with E-state index in [-0.39, 0.29) is 34.8 Å². The molecular formula is C39H45N3O4. The number of methoxy groups -OCH3 is 2. The summed E-state index contributed by atoms with van der Waals surface area (Å²) < 4.78 is 20.2. The van der Waals surface area contributed by atoms with Gasteiger partial charge in [0, 0.05) is 48.0 Å². The van der Waals surface area contributed by atoms with Crippen molar-refractivity contribution in [3.63, 3.8) is 0 Å². The normalized spacial score (nSPS) is 34.8. The molecule has 10 rings (SSSR count). The van der Waals surface area contributed by atoms with Crippen molar-refractivity contribution in [1.82, 2.24) is 10.2 Å². The Morgan fingerprint density at radius 2 is 1.74 bits per heavy atom. The number of fused-ring (bicyclic) bond motifs is 2. The average Bonchev–Trinajstić information content (AvgIpc) is 3.83. The van der Waals surface area contributed by atoms with Gasteiger partial charge in [0.05, 0.1) is 7.11 Å². The van der Waals surface area contributed by atoms with Crippen LogP contribution in [0.1, 0.15) is 72.9 Å². The second kappa shape index (κ2) is 10.3. The number of ether oxygens (including phenoxy) is 3. The highest BCUT2D eigenvalue weighted by Gasteiger charge is 2.81. The van der Waals surface area contributed by atoms with Crippen LogP contribution in [0.2, 0.25) is 0 Å². The van der Waals surface area contributed by atoms with Crippen LogP contribution in [0.5, 0.6) is 11.5 Å². The van der Waals surface area contributed by atoms with Crippen molar-refractivity contribution in [2.75, 3.05) is 27.3 Å². The summed E-state index contributed by atoms with van der Waals surface area (Å²) in [7, 11) is 3.65. The summed E-state index contributed by atoms with van der Waals surface area (Å²) in [5, 5.41) is 3.85. The number of carbonyl (C=O) groups excluding carboxylic acids is 1. The summed E-state index contributed by atoms with van der Waals surface area (Å²) in [6.45, 7) is 2.30. The number of likely N-dealkylation sites (tertiary alicyclic amines) is 1. The van der Waals surface area contributed by atoms with Gasteiger partial charge in [-0.2, -0.15) is 0 Å². The number of primary amides is 1. The Morgan fingerprint density at radius 1 is 1.00 bits per heavy atom. The van der Waals surface area contributed by atoms with Gasteiger partial charge in [-0.05, 0) is 80.2 Å². The smallest absolute Gasteiger partial charge is 0.239 e. The zero-order chi connectivity index (χ0) is 31.3. The zero-order valence-corrected chi connectivity index (χ0v) is 26.9. The highest BCUT2D eigenvalue weighted by molar-refractivity contribution is 5.81. The lowest BCUT2D eigenvalue weighted by Crippen LogP contribution is -2.81. The molecule has 4 saturated carbocycles. The Balaban J connectivity index is 1.23. The van der Waals surface area contributed by atoms with Gasteiger partial charge in [-0.3, -0.25) is 15.0 Å². The molecule has 0 aromatic heterocycles. The van der Waals surface area contributed by atoms with Gasteiger partial charge < -0.3 is 19.9 Å². The second-order valence-electron chi connectivity index (χ2n) is 14.9. The lowest BCUT2D eigenvalue weighted by atomic mass is 9.34. The molecule has 7 heteroatoms. The van der Waals surface area contributed by atoms with E-state index >= 15 is 0 Å². The van der Waals surface area contributed by atoms with E-state index in [2.05, 4.69) is 52.7 Å². The Bertz CT molecular complexity index is 1660. The van der Waals surface area contributed by atoms with E-state index in [9.17, 15) is 4.79 Å². The van der Waals surface area contributed by atoms with Crippen LogP contribution in [0, 0.1) is 17.3 Å². The molecular weight excluding hydrogens is 574 g/mol. The molecule has 7 aliphatic rings. The van der Waals surface area contributed by atoms with Crippen LogP contribution in [-0.4, -0.2) is 55.9 Å². The fourth-order valence-electron chi connectivity index (χ4n) is 11.3. The molecule has 7 nitrogen and oxygen atoms in total. The van der Waals surface area contributed by atoms with Crippen molar-refractivity contribution in [2.45, 2.75) is 80.2 Å². The maximum Gasteiger partial charge on any atom is 0.239 e. The minimum Gasteiger partial charge on any atom is -0.493 e. The molecule has 3 aromatic carbocycles. The van der Waals surface area contributed by atoms with Crippen LogP contribution in [0.3, 0.4) is 0 Å². The number of nitrogens with two attached hydrogens (primary N) is 1. The molecule has 3 N–H and O–H groups in total. The number of amides is 1. The third-order valence-electron chi connectivity index (χ3n) is 13.2. The Morgan fingerprint density at radius 3 is 2.41 bits per heavy atom. The summed E-state index contributed by atoms with van der Waals surface area (Å²) >= 11 is 0. The van der Waals surface area contributed by atoms with Gasteiger partial charge in [0.25, 0.3) is 0 Å². The maximum atomic E-state index is 13.2. The molecule has 4 bridgehead atoms. The molecule has 2 heterocycles. The molecule has 5 aliphatic carbocycles. The van der Waals surface area contributed by atoms with Crippen LogP contribution in [0.25, 0.3) is 0 Å². The number of nitrogens with one attached hydrogen (secondary N) is 1. The first-order valence-corrected chi connectivity index (χ1v) is 17.3. The van der Waals surface area contributed by atoms with Crippen LogP contribution in [0.4, 0.5) is 0 Å². The van der Waals surface area contributed by atoms with Gasteiger partial charge >= 0.3 is 0 Å². The molecule has 0 radical (unpaired) electrons. The highest BCUT2D eigenvalue weighted by Crippen LogP contribution is 2.77. The molecule has 1 saturated heterocycles. The van der Waals surface area contributed by atoms with Crippen molar-refractivity contribution >= 4 is 5.91 Å². The number of hydrogen-bond donors (Lipinski definition) is 2. The minimum atomic E-state index is -0.641. The minimum absolute atomic E-state index is 0.0179. The van der Waals surface area contributed by atoms with Crippen LogP contribution in [0.15, 0.2) is 72.8 Å². The van der Waals surface area contributed by atoms with Crippen molar-refractivity contribution in [3.05, 3.63) is 95.1 Å². The standard InChI is InChI=1S/C39H45N3O4/c1-44-29-16-15-27-21-30-37-17-18-39(45-2,36-38(37,31(27)34(29)46-36)19-20-42(30)23-24-13-14-24)28(22-37)32(25-9-5-3-6-10-25)41-33(35(40)43)26-11-7-4-8-12-26/h3-12,15-16,24,28,30,32-33,36,41H,13-14,17-23H2,1-2H3,(H2,40,43)/t28-,30-,32?,33+,36-,37-,38+,39-/m1/s1. The topological polar surface area (TPSA) is 86.0 Å². The van der Waals surface area contributed by atoms with E-state index in [0.717, 1.165) is 67.2 Å². The number of rotatable bonds is 10. The van der Waals surface area contributed by atoms with Gasteiger partial charge in [-0.15, -0.1) is 0 Å². The van der Waals surface area contributed by atoms with Gasteiger partial charge in [-0.25, -0.2) is 0 Å². The monoisotopic (exact) mass is 619 g/mol. The third-order valence-corrected chi connectivity index (χ3v) is 13.2. The summed E-state index contributed by atoms with van der Waals surface area (Å²) in [5.74, 6) is 2.27. The summed E-state index contributed by atoms with van der Waals surface area (Å²) in [6, 6.07) is 24.6. The van der Waals surface area contributed by atoms with E-state index in [0.29, 0.717) is 6.04 Å². The molecule has 1 unspecified atom stereocenters. The van der Waals surface area contributed by atoms with Crippen molar-refractivity contribution in [1.29, 1.82) is 0 Å². The van der Waals surface area contributed by atoms with E-state index in [1.165, 1.54) is 30.5 Å². The highest BCUT2D eigenvalue weighted by atomic mass is 16.6. The van der Waals surface area contributed by atoms with E-state index in [4.69, 9.17) is 19.9 Å². The first-order valence-electron chi connectivity index (χ1n) is 17.3. The zero-order valence-electron chi connectivity index (χ0n) is 26.9. The van der Waals surface area contributed by atoms with Crippen LogP contribution >= 0.6 is 0 Å².